The maximum Gasteiger partial charge on any atom is 0.312 e. The summed E-state index contributed by atoms with van der Waals surface area (Å²) in [6.45, 7) is 0.273. The lowest BCUT2D eigenvalue weighted by Crippen LogP contribution is -2.43. The molecule has 4 aromatic rings. The molecule has 0 bridgehead atoms. The molecule has 1 atom stereocenters. The van der Waals surface area contributed by atoms with Crippen molar-refractivity contribution < 1.29 is 14.4 Å². The van der Waals surface area contributed by atoms with E-state index in [-0.39, 0.29) is 18.4 Å². The fraction of sp³-hybridized carbons (Fsp3) is 0.129. The van der Waals surface area contributed by atoms with E-state index in [4.69, 9.17) is 11.5 Å². The minimum Gasteiger partial charge on any atom is -0.399 e. The highest BCUT2D eigenvalue weighted by molar-refractivity contribution is 6.00. The number of likely N-dealkylation sites (N-methyl/N-ethyl adjacent to an activating group) is 1. The number of hydrogen-bond donors (Lipinski definition) is 4. The predicted molar refractivity (Wildman–Crippen MR) is 153 cm³/mol. The first kappa shape index (κ1) is 26.9. The summed E-state index contributed by atoms with van der Waals surface area (Å²) < 4.78 is 0. The molecular formula is C31H31N5O3. The molecule has 39 heavy (non-hydrogen) atoms. The molecule has 4 amide bonds. The van der Waals surface area contributed by atoms with E-state index in [0.717, 1.165) is 16.7 Å². The summed E-state index contributed by atoms with van der Waals surface area (Å²) in [4.78, 5) is 40.3. The largest absolute Gasteiger partial charge is 0.399 e. The molecule has 0 heterocycles. The third kappa shape index (κ3) is 6.81. The van der Waals surface area contributed by atoms with Gasteiger partial charge in [-0.2, -0.15) is 0 Å². The number of rotatable bonds is 9. The van der Waals surface area contributed by atoms with E-state index in [1.54, 1.807) is 55.6 Å². The number of benzene rings is 4. The SMILES string of the molecule is CN(C(=O)[C@H](NC(=O)C(c1ccccc1)c1ccccc1)c1cccc(N)c1)c1ccc(CNC(N)=O)cc1. The molecule has 0 aliphatic rings. The number of amides is 4. The summed E-state index contributed by atoms with van der Waals surface area (Å²) in [5.41, 5.74) is 15.3. The summed E-state index contributed by atoms with van der Waals surface area (Å²) in [5.74, 6) is -1.27. The van der Waals surface area contributed by atoms with Crippen LogP contribution in [0.4, 0.5) is 16.2 Å². The maximum absolute atomic E-state index is 13.9. The first-order chi connectivity index (χ1) is 18.8. The molecule has 0 unspecified atom stereocenters. The summed E-state index contributed by atoms with van der Waals surface area (Å²) in [7, 11) is 1.65. The number of nitrogens with zero attached hydrogens (tertiary/aromatic N) is 1. The van der Waals surface area contributed by atoms with Crippen molar-refractivity contribution in [1.29, 1.82) is 0 Å². The molecule has 8 heteroatoms. The molecule has 0 spiro atoms. The van der Waals surface area contributed by atoms with Crippen LogP contribution in [0, 0.1) is 0 Å². The maximum atomic E-state index is 13.9. The van der Waals surface area contributed by atoms with Crippen molar-refractivity contribution in [2.45, 2.75) is 18.5 Å². The van der Waals surface area contributed by atoms with Crippen molar-refractivity contribution in [3.8, 4) is 0 Å². The highest BCUT2D eigenvalue weighted by atomic mass is 16.2. The van der Waals surface area contributed by atoms with Gasteiger partial charge in [-0.05, 0) is 46.5 Å². The van der Waals surface area contributed by atoms with Gasteiger partial charge >= 0.3 is 6.03 Å². The van der Waals surface area contributed by atoms with Crippen LogP contribution >= 0.6 is 0 Å². The van der Waals surface area contributed by atoms with Gasteiger partial charge in [-0.25, -0.2) is 4.79 Å². The van der Waals surface area contributed by atoms with Gasteiger partial charge in [0.15, 0.2) is 0 Å². The molecule has 6 N–H and O–H groups in total. The third-order valence-electron chi connectivity index (χ3n) is 6.43. The average molecular weight is 522 g/mol. The molecule has 4 aromatic carbocycles. The quantitative estimate of drug-likeness (QED) is 0.247. The Morgan fingerprint density at radius 1 is 0.769 bits per heavy atom. The number of nitrogen functional groups attached to an aromatic ring is 1. The van der Waals surface area contributed by atoms with Crippen LogP contribution < -0.4 is 27.0 Å². The summed E-state index contributed by atoms with van der Waals surface area (Å²) in [5, 5.41) is 5.54. The highest BCUT2D eigenvalue weighted by Gasteiger charge is 2.31. The van der Waals surface area contributed by atoms with Crippen LogP contribution in [-0.4, -0.2) is 24.9 Å². The number of anilines is 2. The van der Waals surface area contributed by atoms with Gasteiger partial charge in [0, 0.05) is 25.0 Å². The van der Waals surface area contributed by atoms with Crippen molar-refractivity contribution in [2.24, 2.45) is 5.73 Å². The fourth-order valence-electron chi connectivity index (χ4n) is 4.39. The Balaban J connectivity index is 1.64. The van der Waals surface area contributed by atoms with Gasteiger partial charge in [-0.15, -0.1) is 0 Å². The molecule has 198 valence electrons. The highest BCUT2D eigenvalue weighted by Crippen LogP contribution is 2.28. The summed E-state index contributed by atoms with van der Waals surface area (Å²) in [6.07, 6.45) is 0. The second kappa shape index (κ2) is 12.4. The van der Waals surface area contributed by atoms with Gasteiger partial charge in [0.25, 0.3) is 5.91 Å². The molecule has 0 saturated heterocycles. The van der Waals surface area contributed by atoms with Crippen LogP contribution in [0.2, 0.25) is 0 Å². The van der Waals surface area contributed by atoms with E-state index in [2.05, 4.69) is 10.6 Å². The summed E-state index contributed by atoms with van der Waals surface area (Å²) >= 11 is 0. The number of primary amides is 1. The average Bonchev–Trinajstić information content (AvgIpc) is 2.95. The molecule has 8 nitrogen and oxygen atoms in total. The number of nitrogens with two attached hydrogens (primary N) is 2. The van der Waals surface area contributed by atoms with Crippen molar-refractivity contribution in [1.82, 2.24) is 10.6 Å². The summed E-state index contributed by atoms with van der Waals surface area (Å²) in [6, 6.07) is 31.4. The molecule has 0 aromatic heterocycles. The Morgan fingerprint density at radius 2 is 1.33 bits per heavy atom. The van der Waals surface area contributed by atoms with Crippen molar-refractivity contribution in [2.75, 3.05) is 17.7 Å². The van der Waals surface area contributed by atoms with Gasteiger partial charge in [0.05, 0.1) is 5.92 Å². The first-order valence-corrected chi connectivity index (χ1v) is 12.5. The van der Waals surface area contributed by atoms with E-state index in [9.17, 15) is 14.4 Å². The minimum atomic E-state index is -0.989. The lowest BCUT2D eigenvalue weighted by atomic mass is 9.90. The fourth-order valence-corrected chi connectivity index (χ4v) is 4.39. The third-order valence-corrected chi connectivity index (χ3v) is 6.43. The van der Waals surface area contributed by atoms with E-state index in [0.29, 0.717) is 16.9 Å². The zero-order valence-corrected chi connectivity index (χ0v) is 21.6. The monoisotopic (exact) mass is 521 g/mol. The number of carbonyl (C=O) groups excluding carboxylic acids is 3. The Labute approximate surface area is 227 Å². The van der Waals surface area contributed by atoms with Crippen LogP contribution in [0.15, 0.2) is 109 Å². The van der Waals surface area contributed by atoms with Gasteiger partial charge in [0.2, 0.25) is 5.91 Å². The molecule has 0 aliphatic carbocycles. The van der Waals surface area contributed by atoms with Gasteiger partial charge in [-0.3, -0.25) is 9.59 Å². The zero-order valence-electron chi connectivity index (χ0n) is 21.6. The van der Waals surface area contributed by atoms with Crippen LogP contribution in [-0.2, 0) is 16.1 Å². The molecular weight excluding hydrogens is 490 g/mol. The Bertz CT molecular complexity index is 1390. The molecule has 4 rings (SSSR count). The van der Waals surface area contributed by atoms with Crippen LogP contribution in [0.25, 0.3) is 0 Å². The van der Waals surface area contributed by atoms with Crippen LogP contribution in [0.3, 0.4) is 0 Å². The normalized spacial score (nSPS) is 11.4. The zero-order chi connectivity index (χ0) is 27.8. The van der Waals surface area contributed by atoms with E-state index >= 15 is 0 Å². The molecule has 0 radical (unpaired) electrons. The van der Waals surface area contributed by atoms with Gasteiger partial charge in [-0.1, -0.05) is 84.9 Å². The Hall–Kier alpha value is -5.11. The second-order valence-corrected chi connectivity index (χ2v) is 9.15. The topological polar surface area (TPSA) is 131 Å². The number of carbonyl (C=O) groups is 3. The lowest BCUT2D eigenvalue weighted by Gasteiger charge is -2.27. The van der Waals surface area contributed by atoms with E-state index < -0.39 is 18.0 Å². The number of urea groups is 1. The smallest absolute Gasteiger partial charge is 0.312 e. The van der Waals surface area contributed by atoms with Crippen molar-refractivity contribution in [3.05, 3.63) is 131 Å². The Morgan fingerprint density at radius 3 is 1.87 bits per heavy atom. The van der Waals surface area contributed by atoms with Crippen LogP contribution in [0.5, 0.6) is 0 Å². The first-order valence-electron chi connectivity index (χ1n) is 12.5. The second-order valence-electron chi connectivity index (χ2n) is 9.15. The van der Waals surface area contributed by atoms with Crippen molar-refractivity contribution in [3.63, 3.8) is 0 Å². The molecule has 0 saturated carbocycles. The standard InChI is InChI=1S/C31H31N5O3/c1-36(26-17-15-21(16-18-26)20-34-31(33)39)30(38)28(24-13-8-14-25(32)19-24)35-29(37)27(22-9-4-2-5-10-22)23-11-6-3-7-12-23/h2-19,27-28H,20,32H2,1H3,(H,35,37)(H3,33,34,39)/t28-/m1/s1. The molecule has 0 aliphatic heterocycles. The van der Waals surface area contributed by atoms with E-state index in [1.807, 2.05) is 60.7 Å². The Kier molecular flexibility index (Phi) is 8.58. The molecule has 0 fully saturated rings. The van der Waals surface area contributed by atoms with E-state index in [1.165, 1.54) is 4.90 Å². The minimum absolute atomic E-state index is 0.273. The van der Waals surface area contributed by atoms with Crippen molar-refractivity contribution >= 4 is 29.2 Å². The number of hydrogen-bond acceptors (Lipinski definition) is 4. The van der Waals surface area contributed by atoms with Crippen LogP contribution in [0.1, 0.15) is 34.2 Å². The van der Waals surface area contributed by atoms with Gasteiger partial charge < -0.3 is 27.0 Å². The van der Waals surface area contributed by atoms with Gasteiger partial charge in [0.1, 0.15) is 6.04 Å². The lowest BCUT2D eigenvalue weighted by molar-refractivity contribution is -0.128. The number of nitrogens with one attached hydrogen (secondary N) is 2. The predicted octanol–water partition coefficient (Wildman–Crippen LogP) is 4.09.